The molecule has 2 heterocycles. The zero-order chi connectivity index (χ0) is 21.8. The van der Waals surface area contributed by atoms with E-state index in [1.807, 2.05) is 46.8 Å². The van der Waals surface area contributed by atoms with Crippen LogP contribution in [0.15, 0.2) is 54.6 Å². The topological polar surface area (TPSA) is 47.4 Å². The van der Waals surface area contributed by atoms with Gasteiger partial charge in [0.2, 0.25) is 0 Å². The lowest BCUT2D eigenvalue weighted by molar-refractivity contribution is 0.0690. The molecule has 3 aromatic rings. The molecule has 31 heavy (non-hydrogen) atoms. The largest absolute Gasteiger partial charge is 0.497 e. The van der Waals surface area contributed by atoms with E-state index in [2.05, 4.69) is 36.3 Å². The van der Waals surface area contributed by atoms with Gasteiger partial charge in [0, 0.05) is 24.3 Å². The average molecular weight is 418 g/mol. The van der Waals surface area contributed by atoms with Gasteiger partial charge in [-0.05, 0) is 80.5 Å². The second-order valence-electron chi connectivity index (χ2n) is 8.57. The summed E-state index contributed by atoms with van der Waals surface area (Å²) < 4.78 is 7.23. The predicted molar refractivity (Wildman–Crippen MR) is 123 cm³/mol. The van der Waals surface area contributed by atoms with Crippen LogP contribution in [0.25, 0.3) is 0 Å². The van der Waals surface area contributed by atoms with Gasteiger partial charge in [-0.2, -0.15) is 5.10 Å². The second kappa shape index (κ2) is 9.38. The number of ether oxygens (including phenoxy) is 1. The number of methoxy groups -OCH3 is 1. The van der Waals surface area contributed by atoms with Gasteiger partial charge in [0.15, 0.2) is 0 Å². The number of rotatable bonds is 6. The van der Waals surface area contributed by atoms with Crippen molar-refractivity contribution in [2.45, 2.75) is 39.7 Å². The standard InChI is InChI=1S/C26H31N3O2/c1-19-15-20(2)29(27-19)18-23-5-4-6-24(17-23)26(30)28-13-11-22(12-14-28)16-21-7-9-25(31-3)10-8-21/h4-10,15,17,22H,11-14,16,18H2,1-3H3. The van der Waals surface area contributed by atoms with E-state index in [-0.39, 0.29) is 5.91 Å². The van der Waals surface area contributed by atoms with Gasteiger partial charge in [-0.25, -0.2) is 0 Å². The number of aromatic nitrogens is 2. The lowest BCUT2D eigenvalue weighted by Crippen LogP contribution is -2.39. The van der Waals surface area contributed by atoms with Crippen molar-refractivity contribution in [3.8, 4) is 5.75 Å². The van der Waals surface area contributed by atoms with Crippen LogP contribution in [0.5, 0.6) is 5.75 Å². The molecular formula is C26H31N3O2. The number of hydrogen-bond acceptors (Lipinski definition) is 3. The van der Waals surface area contributed by atoms with Crippen molar-refractivity contribution < 1.29 is 9.53 Å². The Labute approximate surface area is 184 Å². The predicted octanol–water partition coefficient (Wildman–Crippen LogP) is 4.65. The fourth-order valence-electron chi connectivity index (χ4n) is 4.43. The van der Waals surface area contributed by atoms with E-state index in [4.69, 9.17) is 4.74 Å². The second-order valence-corrected chi connectivity index (χ2v) is 8.57. The summed E-state index contributed by atoms with van der Waals surface area (Å²) in [5.41, 5.74) is 5.36. The van der Waals surface area contributed by atoms with Crippen LogP contribution in [0.2, 0.25) is 0 Å². The van der Waals surface area contributed by atoms with Crippen LogP contribution in [0.3, 0.4) is 0 Å². The molecule has 0 radical (unpaired) electrons. The normalized spacial score (nSPS) is 14.6. The SMILES string of the molecule is COc1ccc(CC2CCN(C(=O)c3cccc(Cn4nc(C)cc4C)c3)CC2)cc1. The number of carbonyl (C=O) groups excluding carboxylic acids is 1. The highest BCUT2D eigenvalue weighted by molar-refractivity contribution is 5.94. The van der Waals surface area contributed by atoms with Crippen LogP contribution < -0.4 is 4.74 Å². The molecular weight excluding hydrogens is 386 g/mol. The molecule has 0 bridgehead atoms. The fraction of sp³-hybridized carbons (Fsp3) is 0.385. The van der Waals surface area contributed by atoms with E-state index in [0.29, 0.717) is 12.5 Å². The molecule has 1 fully saturated rings. The molecule has 0 spiro atoms. The molecule has 1 aromatic heterocycles. The van der Waals surface area contributed by atoms with Crippen LogP contribution >= 0.6 is 0 Å². The average Bonchev–Trinajstić information content (AvgIpc) is 3.11. The molecule has 4 rings (SSSR count). The Kier molecular flexibility index (Phi) is 6.40. The summed E-state index contributed by atoms with van der Waals surface area (Å²) in [4.78, 5) is 15.1. The Hall–Kier alpha value is -3.08. The molecule has 0 atom stereocenters. The van der Waals surface area contributed by atoms with Gasteiger partial charge in [0.1, 0.15) is 5.75 Å². The van der Waals surface area contributed by atoms with E-state index in [1.54, 1.807) is 7.11 Å². The number of hydrogen-bond donors (Lipinski definition) is 0. The number of benzene rings is 2. The molecule has 0 unspecified atom stereocenters. The van der Waals surface area contributed by atoms with Crippen LogP contribution in [-0.2, 0) is 13.0 Å². The van der Waals surface area contributed by atoms with Gasteiger partial charge < -0.3 is 9.64 Å². The van der Waals surface area contributed by atoms with E-state index in [9.17, 15) is 4.79 Å². The van der Waals surface area contributed by atoms with Gasteiger partial charge in [-0.3, -0.25) is 9.48 Å². The maximum absolute atomic E-state index is 13.1. The Morgan fingerprint density at radius 3 is 2.42 bits per heavy atom. The van der Waals surface area contributed by atoms with Gasteiger partial charge in [0.25, 0.3) is 5.91 Å². The first kappa shape index (κ1) is 21.2. The quantitative estimate of drug-likeness (QED) is 0.586. The highest BCUT2D eigenvalue weighted by Gasteiger charge is 2.24. The first-order valence-electron chi connectivity index (χ1n) is 11.0. The number of aryl methyl sites for hydroxylation is 2. The summed E-state index contributed by atoms with van der Waals surface area (Å²) in [5, 5.41) is 4.54. The molecule has 1 aliphatic heterocycles. The number of carbonyl (C=O) groups is 1. The van der Waals surface area contributed by atoms with Crippen LogP contribution in [-0.4, -0.2) is 40.8 Å². The molecule has 5 nitrogen and oxygen atoms in total. The van der Waals surface area contributed by atoms with Crippen molar-refractivity contribution in [2.24, 2.45) is 5.92 Å². The summed E-state index contributed by atoms with van der Waals surface area (Å²) in [6, 6.07) is 18.4. The molecule has 0 aliphatic carbocycles. The monoisotopic (exact) mass is 417 g/mol. The highest BCUT2D eigenvalue weighted by atomic mass is 16.5. The van der Waals surface area contributed by atoms with Crippen molar-refractivity contribution >= 4 is 5.91 Å². The number of piperidine rings is 1. The van der Waals surface area contributed by atoms with E-state index < -0.39 is 0 Å². The summed E-state index contributed by atoms with van der Waals surface area (Å²) >= 11 is 0. The third kappa shape index (κ3) is 5.16. The van der Waals surface area contributed by atoms with Gasteiger partial charge >= 0.3 is 0 Å². The van der Waals surface area contributed by atoms with Gasteiger partial charge in [0.05, 0.1) is 19.3 Å². The summed E-state index contributed by atoms with van der Waals surface area (Å²) in [7, 11) is 1.69. The van der Waals surface area contributed by atoms with Crippen molar-refractivity contribution in [1.29, 1.82) is 0 Å². The van der Waals surface area contributed by atoms with Crippen molar-refractivity contribution in [3.05, 3.63) is 82.7 Å². The van der Waals surface area contributed by atoms with Crippen molar-refractivity contribution in [2.75, 3.05) is 20.2 Å². The highest BCUT2D eigenvalue weighted by Crippen LogP contribution is 2.24. The molecule has 5 heteroatoms. The van der Waals surface area contributed by atoms with Crippen LogP contribution in [0.1, 0.15) is 45.7 Å². The molecule has 0 saturated carbocycles. The summed E-state index contributed by atoms with van der Waals surface area (Å²) in [6.45, 7) is 6.39. The third-order valence-corrected chi connectivity index (χ3v) is 6.19. The third-order valence-electron chi connectivity index (χ3n) is 6.19. The Morgan fingerprint density at radius 2 is 1.77 bits per heavy atom. The van der Waals surface area contributed by atoms with Gasteiger partial charge in [-0.1, -0.05) is 24.3 Å². The molecule has 2 aromatic carbocycles. The Morgan fingerprint density at radius 1 is 1.03 bits per heavy atom. The molecule has 1 amide bonds. The van der Waals surface area contributed by atoms with E-state index in [0.717, 1.165) is 60.6 Å². The van der Waals surface area contributed by atoms with E-state index >= 15 is 0 Å². The minimum absolute atomic E-state index is 0.137. The number of nitrogens with zero attached hydrogens (tertiary/aromatic N) is 3. The van der Waals surface area contributed by atoms with Crippen molar-refractivity contribution in [3.63, 3.8) is 0 Å². The van der Waals surface area contributed by atoms with Crippen LogP contribution in [0.4, 0.5) is 0 Å². The summed E-state index contributed by atoms with van der Waals surface area (Å²) in [6.07, 6.45) is 3.15. The maximum atomic E-state index is 13.1. The number of amides is 1. The van der Waals surface area contributed by atoms with E-state index in [1.165, 1.54) is 5.56 Å². The first-order chi connectivity index (χ1) is 15.0. The van der Waals surface area contributed by atoms with Gasteiger partial charge in [-0.15, -0.1) is 0 Å². The first-order valence-corrected chi connectivity index (χ1v) is 11.0. The summed E-state index contributed by atoms with van der Waals surface area (Å²) in [5.74, 6) is 1.65. The Bertz CT molecular complexity index is 1030. The molecule has 1 saturated heterocycles. The molecule has 1 aliphatic rings. The Balaban J connectivity index is 1.34. The lowest BCUT2D eigenvalue weighted by atomic mass is 9.90. The zero-order valence-corrected chi connectivity index (χ0v) is 18.7. The zero-order valence-electron chi connectivity index (χ0n) is 18.7. The minimum atomic E-state index is 0.137. The smallest absolute Gasteiger partial charge is 0.253 e. The van der Waals surface area contributed by atoms with Crippen molar-refractivity contribution in [1.82, 2.24) is 14.7 Å². The molecule has 162 valence electrons. The minimum Gasteiger partial charge on any atom is -0.497 e. The lowest BCUT2D eigenvalue weighted by Gasteiger charge is -2.32. The van der Waals surface area contributed by atoms with Crippen LogP contribution in [0, 0.1) is 19.8 Å². The molecule has 0 N–H and O–H groups in total. The fourth-order valence-corrected chi connectivity index (χ4v) is 4.43. The number of likely N-dealkylation sites (tertiary alicyclic amines) is 1. The maximum Gasteiger partial charge on any atom is 0.253 e.